The standard InChI is InChI=1S/C15H10BrFN2O/c16-9-2-4-14-10(6-9)11(7-19-14)15(20)8-1-3-12(17)13(18)5-8/h1-7,19H,18H2. The monoisotopic (exact) mass is 332 g/mol. The molecule has 0 unspecified atom stereocenters. The quantitative estimate of drug-likeness (QED) is 0.552. The van der Waals surface area contributed by atoms with E-state index in [-0.39, 0.29) is 11.5 Å². The van der Waals surface area contributed by atoms with E-state index in [0.29, 0.717) is 11.1 Å². The van der Waals surface area contributed by atoms with Crippen LogP contribution in [0.3, 0.4) is 0 Å². The molecule has 0 amide bonds. The summed E-state index contributed by atoms with van der Waals surface area (Å²) in [5, 5.41) is 0.812. The maximum absolute atomic E-state index is 13.2. The number of carbonyl (C=O) groups excluding carboxylic acids is 1. The minimum absolute atomic E-state index is 0.0307. The fraction of sp³-hybridized carbons (Fsp3) is 0. The van der Waals surface area contributed by atoms with E-state index in [1.165, 1.54) is 18.2 Å². The smallest absolute Gasteiger partial charge is 0.195 e. The zero-order valence-corrected chi connectivity index (χ0v) is 11.9. The number of aromatic nitrogens is 1. The number of nitrogens with two attached hydrogens (primary N) is 1. The third-order valence-electron chi connectivity index (χ3n) is 3.15. The van der Waals surface area contributed by atoms with Crippen molar-refractivity contribution < 1.29 is 9.18 Å². The van der Waals surface area contributed by atoms with E-state index >= 15 is 0 Å². The molecule has 0 saturated carbocycles. The summed E-state index contributed by atoms with van der Waals surface area (Å²) in [6, 6.07) is 9.64. The van der Waals surface area contributed by atoms with Crippen molar-refractivity contribution >= 4 is 38.3 Å². The summed E-state index contributed by atoms with van der Waals surface area (Å²) in [5.74, 6) is -0.718. The largest absolute Gasteiger partial charge is 0.396 e. The fourth-order valence-corrected chi connectivity index (χ4v) is 2.48. The second-order valence-corrected chi connectivity index (χ2v) is 5.37. The molecule has 0 aliphatic heterocycles. The van der Waals surface area contributed by atoms with E-state index in [1.807, 2.05) is 18.2 Å². The number of nitrogen functional groups attached to an aromatic ring is 1. The van der Waals surface area contributed by atoms with Crippen LogP contribution in [-0.4, -0.2) is 10.8 Å². The number of H-pyrrole nitrogens is 1. The minimum atomic E-state index is -0.525. The van der Waals surface area contributed by atoms with Crippen molar-refractivity contribution in [1.29, 1.82) is 0 Å². The normalized spacial score (nSPS) is 10.9. The van der Waals surface area contributed by atoms with Gasteiger partial charge in [-0.15, -0.1) is 0 Å². The van der Waals surface area contributed by atoms with E-state index < -0.39 is 5.82 Å². The first-order chi connectivity index (χ1) is 9.56. The van der Waals surface area contributed by atoms with Crippen LogP contribution in [0, 0.1) is 5.82 Å². The zero-order valence-electron chi connectivity index (χ0n) is 10.3. The molecule has 0 aliphatic rings. The van der Waals surface area contributed by atoms with Gasteiger partial charge in [-0.3, -0.25) is 4.79 Å². The van der Waals surface area contributed by atoms with Gasteiger partial charge in [-0.1, -0.05) is 15.9 Å². The number of halogens is 2. The lowest BCUT2D eigenvalue weighted by atomic mass is 10.0. The first-order valence-corrected chi connectivity index (χ1v) is 6.72. The van der Waals surface area contributed by atoms with Crippen molar-refractivity contribution in [3.05, 3.63) is 64.0 Å². The number of hydrogen-bond donors (Lipinski definition) is 2. The van der Waals surface area contributed by atoms with Gasteiger partial charge in [0.15, 0.2) is 5.78 Å². The van der Waals surface area contributed by atoms with Crippen LogP contribution in [0.25, 0.3) is 10.9 Å². The fourth-order valence-electron chi connectivity index (χ4n) is 2.12. The molecule has 1 aromatic heterocycles. The maximum Gasteiger partial charge on any atom is 0.195 e. The van der Waals surface area contributed by atoms with Crippen molar-refractivity contribution in [1.82, 2.24) is 4.98 Å². The van der Waals surface area contributed by atoms with Gasteiger partial charge in [0.25, 0.3) is 0 Å². The van der Waals surface area contributed by atoms with Gasteiger partial charge in [0.1, 0.15) is 5.82 Å². The number of fused-ring (bicyclic) bond motifs is 1. The highest BCUT2D eigenvalue weighted by Gasteiger charge is 2.15. The molecule has 100 valence electrons. The molecule has 3 aromatic rings. The van der Waals surface area contributed by atoms with Gasteiger partial charge in [-0.05, 0) is 36.4 Å². The number of benzene rings is 2. The van der Waals surface area contributed by atoms with Gasteiger partial charge < -0.3 is 10.7 Å². The van der Waals surface area contributed by atoms with Gasteiger partial charge >= 0.3 is 0 Å². The summed E-state index contributed by atoms with van der Waals surface area (Å²) >= 11 is 3.38. The Balaban J connectivity index is 2.12. The second kappa shape index (κ2) is 4.76. The molecule has 0 saturated heterocycles. The second-order valence-electron chi connectivity index (χ2n) is 4.46. The Morgan fingerprint density at radius 3 is 2.75 bits per heavy atom. The van der Waals surface area contributed by atoms with E-state index in [9.17, 15) is 9.18 Å². The van der Waals surface area contributed by atoms with E-state index in [0.717, 1.165) is 15.4 Å². The Hall–Kier alpha value is -2.14. The Morgan fingerprint density at radius 2 is 2.00 bits per heavy atom. The lowest BCUT2D eigenvalue weighted by molar-refractivity contribution is 0.104. The molecule has 0 bridgehead atoms. The maximum atomic E-state index is 13.2. The summed E-state index contributed by atoms with van der Waals surface area (Å²) in [7, 11) is 0. The summed E-state index contributed by atoms with van der Waals surface area (Å²) in [4.78, 5) is 15.5. The number of rotatable bonds is 2. The average molecular weight is 333 g/mol. The first-order valence-electron chi connectivity index (χ1n) is 5.92. The Morgan fingerprint density at radius 1 is 1.20 bits per heavy atom. The molecular weight excluding hydrogens is 323 g/mol. The molecule has 0 atom stereocenters. The van der Waals surface area contributed by atoms with Gasteiger partial charge in [-0.2, -0.15) is 0 Å². The van der Waals surface area contributed by atoms with Crippen LogP contribution in [-0.2, 0) is 0 Å². The molecule has 3 rings (SSSR count). The zero-order chi connectivity index (χ0) is 14.3. The van der Waals surface area contributed by atoms with Crippen LogP contribution in [0.2, 0.25) is 0 Å². The minimum Gasteiger partial charge on any atom is -0.396 e. The topological polar surface area (TPSA) is 58.9 Å². The van der Waals surface area contributed by atoms with Gasteiger partial charge in [0.05, 0.1) is 5.69 Å². The van der Waals surface area contributed by atoms with E-state index in [2.05, 4.69) is 20.9 Å². The highest BCUT2D eigenvalue weighted by atomic mass is 79.9. The van der Waals surface area contributed by atoms with Crippen LogP contribution < -0.4 is 5.73 Å². The molecule has 0 spiro atoms. The van der Waals surface area contributed by atoms with Crippen LogP contribution in [0.15, 0.2) is 47.1 Å². The van der Waals surface area contributed by atoms with E-state index in [4.69, 9.17) is 5.73 Å². The van der Waals surface area contributed by atoms with Crippen molar-refractivity contribution in [2.75, 3.05) is 5.73 Å². The Bertz CT molecular complexity index is 826. The molecule has 3 nitrogen and oxygen atoms in total. The van der Waals surface area contributed by atoms with Crippen molar-refractivity contribution in [3.8, 4) is 0 Å². The molecular formula is C15H10BrFN2O. The van der Waals surface area contributed by atoms with Crippen LogP contribution in [0.1, 0.15) is 15.9 Å². The van der Waals surface area contributed by atoms with Crippen LogP contribution in [0.4, 0.5) is 10.1 Å². The lowest BCUT2D eigenvalue weighted by Crippen LogP contribution is -2.02. The first kappa shape index (κ1) is 12.9. The molecule has 0 radical (unpaired) electrons. The van der Waals surface area contributed by atoms with Crippen LogP contribution in [0.5, 0.6) is 0 Å². The molecule has 0 fully saturated rings. The summed E-state index contributed by atoms with van der Waals surface area (Å²) < 4.78 is 14.0. The highest BCUT2D eigenvalue weighted by Crippen LogP contribution is 2.25. The molecule has 5 heteroatoms. The third kappa shape index (κ3) is 2.10. The number of hydrogen-bond acceptors (Lipinski definition) is 2. The Kier molecular flexibility index (Phi) is 3.06. The number of aromatic amines is 1. The van der Waals surface area contributed by atoms with Gasteiger partial charge in [0.2, 0.25) is 0 Å². The van der Waals surface area contributed by atoms with Crippen molar-refractivity contribution in [2.24, 2.45) is 0 Å². The number of nitrogens with one attached hydrogen (secondary N) is 1. The Labute approximate surface area is 122 Å². The molecule has 0 aliphatic carbocycles. The molecule has 3 N–H and O–H groups in total. The third-order valence-corrected chi connectivity index (χ3v) is 3.64. The van der Waals surface area contributed by atoms with Crippen LogP contribution >= 0.6 is 15.9 Å². The van der Waals surface area contributed by atoms with Gasteiger partial charge in [-0.25, -0.2) is 4.39 Å². The van der Waals surface area contributed by atoms with Gasteiger partial charge in [0, 0.05) is 32.7 Å². The highest BCUT2D eigenvalue weighted by molar-refractivity contribution is 9.10. The number of ketones is 1. The number of carbonyl (C=O) groups is 1. The molecule has 2 aromatic carbocycles. The van der Waals surface area contributed by atoms with Crippen molar-refractivity contribution in [2.45, 2.75) is 0 Å². The SMILES string of the molecule is Nc1cc(C(=O)c2c[nH]c3ccc(Br)cc23)ccc1F. The predicted molar refractivity (Wildman–Crippen MR) is 80.2 cm³/mol. The summed E-state index contributed by atoms with van der Waals surface area (Å²) in [5.41, 5.74) is 7.24. The van der Waals surface area contributed by atoms with Crippen molar-refractivity contribution in [3.63, 3.8) is 0 Å². The average Bonchev–Trinajstić information content (AvgIpc) is 2.84. The summed E-state index contributed by atoms with van der Waals surface area (Å²) in [6.45, 7) is 0. The predicted octanol–water partition coefficient (Wildman–Crippen LogP) is 3.88. The number of anilines is 1. The van der Waals surface area contributed by atoms with E-state index in [1.54, 1.807) is 6.20 Å². The molecule has 1 heterocycles. The summed E-state index contributed by atoms with van der Waals surface area (Å²) in [6.07, 6.45) is 1.65. The molecule has 20 heavy (non-hydrogen) atoms. The lowest BCUT2D eigenvalue weighted by Gasteiger charge is -2.02.